The van der Waals surface area contributed by atoms with Crippen LogP contribution in [-0.4, -0.2) is 33.2 Å². The first kappa shape index (κ1) is 19.5. The van der Waals surface area contributed by atoms with Crippen LogP contribution in [0.3, 0.4) is 0 Å². The Balaban J connectivity index is 1.87. The molecule has 0 aromatic heterocycles. The van der Waals surface area contributed by atoms with E-state index in [1.807, 2.05) is 12.1 Å². The topological polar surface area (TPSA) is 66.4 Å². The van der Waals surface area contributed by atoms with Gasteiger partial charge in [0.15, 0.2) is 17.2 Å². The van der Waals surface area contributed by atoms with Crippen molar-refractivity contribution in [2.24, 2.45) is 4.99 Å². The highest BCUT2D eigenvalue weighted by Gasteiger charge is 2.22. The van der Waals surface area contributed by atoms with Gasteiger partial charge in [-0.1, -0.05) is 23.7 Å². The van der Waals surface area contributed by atoms with Gasteiger partial charge in [0, 0.05) is 11.1 Å². The summed E-state index contributed by atoms with van der Waals surface area (Å²) in [7, 11) is 4.57. The molecule has 0 N–H and O–H groups in total. The van der Waals surface area contributed by atoms with Crippen molar-refractivity contribution in [1.82, 2.24) is 0 Å². The van der Waals surface area contributed by atoms with E-state index in [2.05, 4.69) is 4.99 Å². The summed E-state index contributed by atoms with van der Waals surface area (Å²) in [6.45, 7) is 0. The summed E-state index contributed by atoms with van der Waals surface area (Å²) in [4.78, 5) is 16.4. The van der Waals surface area contributed by atoms with E-state index >= 15 is 0 Å². The Kier molecular flexibility index (Phi) is 6.01. The van der Waals surface area contributed by atoms with Gasteiger partial charge in [0.2, 0.25) is 11.6 Å². The number of hydrogen-bond acceptors (Lipinski definition) is 6. The zero-order chi connectivity index (χ0) is 20.1. The molecule has 0 spiro atoms. The Morgan fingerprint density at radius 1 is 0.929 bits per heavy atom. The van der Waals surface area contributed by atoms with Crippen molar-refractivity contribution in [3.63, 3.8) is 0 Å². The lowest BCUT2D eigenvalue weighted by molar-refractivity contribution is -0.129. The first-order valence-electron chi connectivity index (χ1n) is 8.30. The number of esters is 1. The maximum atomic E-state index is 12.1. The molecule has 1 aliphatic heterocycles. The second-order valence-electron chi connectivity index (χ2n) is 5.71. The number of rotatable bonds is 6. The van der Waals surface area contributed by atoms with E-state index in [1.165, 1.54) is 21.3 Å². The van der Waals surface area contributed by atoms with Crippen molar-refractivity contribution in [2.45, 2.75) is 0 Å². The largest absolute Gasteiger partial charge is 0.493 e. The van der Waals surface area contributed by atoms with Crippen molar-refractivity contribution >= 4 is 35.6 Å². The van der Waals surface area contributed by atoms with E-state index in [0.717, 1.165) is 5.56 Å². The first-order valence-corrected chi connectivity index (χ1v) is 8.68. The molecule has 0 unspecified atom stereocenters. The van der Waals surface area contributed by atoms with E-state index < -0.39 is 5.97 Å². The molecule has 28 heavy (non-hydrogen) atoms. The quantitative estimate of drug-likeness (QED) is 0.533. The fraction of sp³-hybridized carbons (Fsp3) is 0.143. The summed E-state index contributed by atoms with van der Waals surface area (Å²) in [6.07, 6.45) is 5.00. The Bertz CT molecular complexity index is 952. The molecule has 0 aliphatic carbocycles. The number of nitrogens with zero attached hydrogens (tertiary/aromatic N) is 1. The molecule has 3 rings (SSSR count). The highest BCUT2D eigenvalue weighted by Crippen LogP contribution is 2.38. The van der Waals surface area contributed by atoms with E-state index in [0.29, 0.717) is 27.8 Å². The Morgan fingerprint density at radius 2 is 1.57 bits per heavy atom. The van der Waals surface area contributed by atoms with Crippen molar-refractivity contribution in [3.05, 3.63) is 64.3 Å². The number of cyclic esters (lactones) is 1. The molecule has 0 atom stereocenters. The van der Waals surface area contributed by atoms with Crippen LogP contribution in [0.5, 0.6) is 17.2 Å². The smallest absolute Gasteiger partial charge is 0.363 e. The molecule has 7 heteroatoms. The monoisotopic (exact) mass is 399 g/mol. The summed E-state index contributed by atoms with van der Waals surface area (Å²) in [6, 6.07) is 10.7. The third-order valence-electron chi connectivity index (χ3n) is 3.92. The van der Waals surface area contributed by atoms with Gasteiger partial charge in [-0.3, -0.25) is 0 Å². The number of methoxy groups -OCH3 is 3. The van der Waals surface area contributed by atoms with Gasteiger partial charge in [-0.15, -0.1) is 0 Å². The molecule has 1 aliphatic rings. The zero-order valence-corrected chi connectivity index (χ0v) is 16.3. The number of ether oxygens (including phenoxy) is 4. The van der Waals surface area contributed by atoms with Gasteiger partial charge in [0.1, 0.15) is 0 Å². The highest BCUT2D eigenvalue weighted by atomic mass is 35.5. The van der Waals surface area contributed by atoms with Crippen LogP contribution >= 0.6 is 11.6 Å². The van der Waals surface area contributed by atoms with Crippen LogP contribution < -0.4 is 14.2 Å². The minimum absolute atomic E-state index is 0.171. The lowest BCUT2D eigenvalue weighted by Gasteiger charge is -2.12. The van der Waals surface area contributed by atoms with E-state index in [-0.39, 0.29) is 11.6 Å². The molecule has 0 bridgehead atoms. The molecule has 0 fully saturated rings. The molecule has 2 aromatic rings. The van der Waals surface area contributed by atoms with Gasteiger partial charge in [-0.25, -0.2) is 9.79 Å². The van der Waals surface area contributed by atoms with Gasteiger partial charge < -0.3 is 18.9 Å². The molecule has 144 valence electrons. The fourth-order valence-corrected chi connectivity index (χ4v) is 2.71. The minimum atomic E-state index is -0.537. The van der Waals surface area contributed by atoms with Crippen molar-refractivity contribution < 1.29 is 23.7 Å². The third-order valence-corrected chi connectivity index (χ3v) is 4.17. The van der Waals surface area contributed by atoms with Crippen LogP contribution in [0.15, 0.2) is 53.2 Å². The molecule has 6 nitrogen and oxygen atoms in total. The molecular weight excluding hydrogens is 382 g/mol. The molecular formula is C21H18ClNO5. The number of halogens is 1. The molecule has 1 heterocycles. The number of carbonyl (C=O) groups is 1. The van der Waals surface area contributed by atoms with E-state index in [1.54, 1.807) is 42.5 Å². The molecule has 0 radical (unpaired) electrons. The number of carbonyl (C=O) groups excluding carboxylic acids is 1. The van der Waals surface area contributed by atoms with Gasteiger partial charge in [0.25, 0.3) is 0 Å². The van der Waals surface area contributed by atoms with Crippen LogP contribution in [-0.2, 0) is 9.53 Å². The number of benzene rings is 2. The third kappa shape index (κ3) is 4.35. The Morgan fingerprint density at radius 3 is 2.14 bits per heavy atom. The standard InChI is InChI=1S/C21H18ClNO5/c1-25-17-11-14(12-18(26-2)20(17)27-3)10-16-21(24)28-19(23-16)9-6-13-4-7-15(22)8-5-13/h4-12H,1-3H3. The molecule has 0 saturated carbocycles. The van der Waals surface area contributed by atoms with Crippen LogP contribution in [0, 0.1) is 0 Å². The summed E-state index contributed by atoms with van der Waals surface area (Å²) in [5.74, 6) is 1.10. The van der Waals surface area contributed by atoms with Gasteiger partial charge in [-0.05, 0) is 47.5 Å². The van der Waals surface area contributed by atoms with E-state index in [9.17, 15) is 4.79 Å². The van der Waals surface area contributed by atoms with Crippen molar-refractivity contribution in [3.8, 4) is 17.2 Å². The molecule has 0 saturated heterocycles. The van der Waals surface area contributed by atoms with Crippen LogP contribution in [0.1, 0.15) is 11.1 Å². The predicted octanol–water partition coefficient (Wildman–Crippen LogP) is 4.38. The van der Waals surface area contributed by atoms with Gasteiger partial charge in [0.05, 0.1) is 21.3 Å². The lowest BCUT2D eigenvalue weighted by Crippen LogP contribution is -2.01. The average Bonchev–Trinajstić information content (AvgIpc) is 3.05. The first-order chi connectivity index (χ1) is 13.5. The van der Waals surface area contributed by atoms with Crippen LogP contribution in [0.2, 0.25) is 5.02 Å². The normalized spacial score (nSPS) is 14.9. The second kappa shape index (κ2) is 8.63. The fourth-order valence-electron chi connectivity index (χ4n) is 2.58. The number of hydrogen-bond donors (Lipinski definition) is 0. The zero-order valence-electron chi connectivity index (χ0n) is 15.6. The van der Waals surface area contributed by atoms with Crippen LogP contribution in [0.25, 0.3) is 12.2 Å². The molecule has 0 amide bonds. The SMILES string of the molecule is COc1cc(C=C2N=C(C=Cc3ccc(Cl)cc3)OC2=O)cc(OC)c1OC. The Hall–Kier alpha value is -3.25. The summed E-state index contributed by atoms with van der Waals surface area (Å²) >= 11 is 5.87. The van der Waals surface area contributed by atoms with Gasteiger partial charge >= 0.3 is 5.97 Å². The minimum Gasteiger partial charge on any atom is -0.493 e. The summed E-state index contributed by atoms with van der Waals surface area (Å²) < 4.78 is 21.1. The van der Waals surface area contributed by atoms with Crippen molar-refractivity contribution in [1.29, 1.82) is 0 Å². The average molecular weight is 400 g/mol. The highest BCUT2D eigenvalue weighted by molar-refractivity contribution is 6.30. The van der Waals surface area contributed by atoms with E-state index in [4.69, 9.17) is 30.5 Å². The maximum Gasteiger partial charge on any atom is 0.363 e. The van der Waals surface area contributed by atoms with Gasteiger partial charge in [-0.2, -0.15) is 0 Å². The lowest BCUT2D eigenvalue weighted by atomic mass is 10.1. The summed E-state index contributed by atoms with van der Waals surface area (Å²) in [5.41, 5.74) is 1.74. The summed E-state index contributed by atoms with van der Waals surface area (Å²) in [5, 5.41) is 0.650. The predicted molar refractivity (Wildman–Crippen MR) is 108 cm³/mol. The van der Waals surface area contributed by atoms with Crippen molar-refractivity contribution in [2.75, 3.05) is 21.3 Å². The number of aliphatic imine (C=N–C) groups is 1. The Labute approximate surface area is 167 Å². The van der Waals surface area contributed by atoms with Crippen LogP contribution in [0.4, 0.5) is 0 Å². The maximum absolute atomic E-state index is 12.1. The molecule has 2 aromatic carbocycles. The second-order valence-corrected chi connectivity index (χ2v) is 6.15.